The zero-order chi connectivity index (χ0) is 22.1. The smallest absolute Gasteiger partial charge is 0.457 e. The Bertz CT molecular complexity index is 474. The Balaban J connectivity index is -0.000000475. The monoisotopic (exact) mass is 527 g/mol. The number of aliphatic carboxylic acids is 1. The van der Waals surface area contributed by atoms with E-state index < -0.39 is 13.8 Å². The molecule has 30 heavy (non-hydrogen) atoms. The summed E-state index contributed by atoms with van der Waals surface area (Å²) in [5.74, 6) is -1.08. The molecule has 2 unspecified atom stereocenters. The summed E-state index contributed by atoms with van der Waals surface area (Å²) in [5.41, 5.74) is 0. The summed E-state index contributed by atoms with van der Waals surface area (Å²) < 4.78 is 59.2. The zero-order valence-corrected chi connectivity index (χ0v) is 21.7. The van der Waals surface area contributed by atoms with Crippen LogP contribution in [0.4, 0.5) is 25.2 Å². The van der Waals surface area contributed by atoms with Crippen molar-refractivity contribution in [3.8, 4) is 0 Å². The summed E-state index contributed by atoms with van der Waals surface area (Å²) in [6.07, 6.45) is 1.32. The van der Waals surface area contributed by atoms with Gasteiger partial charge in [0.25, 0.3) is 0 Å². The van der Waals surface area contributed by atoms with Crippen LogP contribution in [0.2, 0.25) is 0 Å². The number of halogens is 6. The molecule has 0 aromatic rings. The number of carbonyl (C=O) groups is 1. The normalized spacial score (nSPS) is 26.0. The average molecular weight is 529 g/mol. The van der Waals surface area contributed by atoms with Gasteiger partial charge in [-0.25, -0.2) is 0 Å². The van der Waals surface area contributed by atoms with Crippen molar-refractivity contribution in [1.29, 1.82) is 0 Å². The number of carbonyl (C=O) groups excluding carboxylic acids is 1. The number of fused-ring (bicyclic) bond motifs is 3. The number of carboxylic acid groups (broad SMARTS) is 1. The van der Waals surface area contributed by atoms with Gasteiger partial charge in [0.15, 0.2) is 0 Å². The minimum Gasteiger partial charge on any atom is -0.457 e. The summed E-state index contributed by atoms with van der Waals surface area (Å²) >= 11 is 0. The Morgan fingerprint density at radius 3 is 1.27 bits per heavy atom. The standard InChI is InChI=1S/C13H28N4.C2H4O2.F6P.H2O.Zn/c1-14-4-3-5-16-9-7-15(2)8-11-17(10-6-14)13-12-16;1-2(3)4;1-7(2,3,4,5)6;;/h3-13H2,1-2H3;1H3,(H,3,4);;1H2;/q;;-1;;+2. The van der Waals surface area contributed by atoms with Crippen molar-refractivity contribution in [3.05, 3.63) is 0 Å². The van der Waals surface area contributed by atoms with E-state index in [-0.39, 0.29) is 25.0 Å². The van der Waals surface area contributed by atoms with Gasteiger partial charge in [0.1, 0.15) is 0 Å². The Labute approximate surface area is 186 Å². The molecule has 180 valence electrons. The molecule has 2 aliphatic rings. The molecule has 15 heteroatoms. The molecule has 7 nitrogen and oxygen atoms in total. The van der Waals surface area contributed by atoms with Crippen molar-refractivity contribution in [2.45, 2.75) is 13.3 Å². The molecule has 0 radical (unpaired) electrons. The summed E-state index contributed by atoms with van der Waals surface area (Å²) in [6, 6.07) is 0. The maximum Gasteiger partial charge on any atom is 2.00 e. The first-order chi connectivity index (χ1) is 12.4. The molecule has 2 heterocycles. The Morgan fingerprint density at radius 2 is 0.933 bits per heavy atom. The van der Waals surface area contributed by atoms with E-state index >= 15 is 0 Å². The Morgan fingerprint density at radius 1 is 0.700 bits per heavy atom. The molecule has 0 saturated carbocycles. The van der Waals surface area contributed by atoms with Crippen LogP contribution in [-0.2, 0) is 29.7 Å². The summed E-state index contributed by atoms with van der Waals surface area (Å²) in [6.45, 7) is 13.4. The third kappa shape index (κ3) is 30.1. The van der Waals surface area contributed by atoms with Crippen molar-refractivity contribution in [2.24, 2.45) is 0 Å². The molecule has 0 aromatic carbocycles. The quantitative estimate of drug-likeness (QED) is 0.203. The van der Waals surface area contributed by atoms with Crippen LogP contribution >= 0.6 is 7.81 Å². The van der Waals surface area contributed by atoms with Crippen LogP contribution < -0.4 is 5.11 Å². The van der Waals surface area contributed by atoms with Gasteiger partial charge in [-0.15, -0.1) is 0 Å². The van der Waals surface area contributed by atoms with Crippen LogP contribution in [0.25, 0.3) is 0 Å². The number of carboxylic acids is 1. The fraction of sp³-hybridized carbons (Fsp3) is 0.933. The fourth-order valence-electron chi connectivity index (χ4n) is 2.68. The molecular weight excluding hydrogens is 495 g/mol. The topological polar surface area (TPSA) is 86.1 Å². The van der Waals surface area contributed by atoms with E-state index in [1.165, 1.54) is 71.9 Å². The van der Waals surface area contributed by atoms with Gasteiger partial charge in [-0.05, 0) is 40.5 Å². The maximum atomic E-state index is 9.87. The molecule has 3 N–H and O–H groups in total. The number of hydrogen-bond acceptors (Lipinski definition) is 6. The van der Waals surface area contributed by atoms with Gasteiger partial charge in [-0.2, -0.15) is 0 Å². The Hall–Kier alpha value is -0.0966. The summed E-state index contributed by atoms with van der Waals surface area (Å²) in [7, 11) is -6.14. The molecule has 0 aromatic heterocycles. The van der Waals surface area contributed by atoms with Gasteiger partial charge in [-0.1, -0.05) is 0 Å². The predicted molar refractivity (Wildman–Crippen MR) is 102 cm³/mol. The third-order valence-corrected chi connectivity index (χ3v) is 4.14. The Kier molecular flexibility index (Phi) is 15.5. The molecule has 2 saturated heterocycles. The summed E-state index contributed by atoms with van der Waals surface area (Å²) in [5, 5.41) is 8.89. The minimum absolute atomic E-state index is 0. The number of nitrogens with zero attached hydrogens (tertiary/aromatic N) is 4. The maximum absolute atomic E-state index is 10.7. The molecule has 0 spiro atoms. The van der Waals surface area contributed by atoms with E-state index in [1.807, 2.05) is 0 Å². The fourth-order valence-corrected chi connectivity index (χ4v) is 2.68. The van der Waals surface area contributed by atoms with E-state index in [0.717, 1.165) is 6.92 Å². The first-order valence-electron chi connectivity index (χ1n) is 8.98. The number of hydrogen-bond donors (Lipinski definition) is 0. The van der Waals surface area contributed by atoms with Gasteiger partial charge >= 0.3 is 52.5 Å². The van der Waals surface area contributed by atoms with E-state index in [0.29, 0.717) is 0 Å². The van der Waals surface area contributed by atoms with Crippen molar-refractivity contribution in [1.82, 2.24) is 19.6 Å². The van der Waals surface area contributed by atoms with Crippen LogP contribution in [0.3, 0.4) is 0 Å². The van der Waals surface area contributed by atoms with E-state index in [9.17, 15) is 25.2 Å². The second-order valence-electron chi connectivity index (χ2n) is 7.09. The van der Waals surface area contributed by atoms with E-state index in [4.69, 9.17) is 9.90 Å². The van der Waals surface area contributed by atoms with E-state index in [1.54, 1.807) is 0 Å². The van der Waals surface area contributed by atoms with Gasteiger partial charge < -0.3 is 30.1 Å². The molecule has 2 atom stereocenters. The van der Waals surface area contributed by atoms with Crippen molar-refractivity contribution in [2.75, 3.05) is 79.5 Å². The predicted octanol–water partition coefficient (Wildman–Crippen LogP) is 1.09. The molecular formula is C15H34F6N4O3PZn+. The SMILES string of the molecule is CC(=O)[O-].CN1CCCN2CCN(C)CCN(CC1)CC2.F[P-](F)(F)(F)(F)F.[OH3+].[Zn+2]. The van der Waals surface area contributed by atoms with Gasteiger partial charge in [0.05, 0.1) is 0 Å². The molecule has 2 bridgehead atoms. The van der Waals surface area contributed by atoms with Crippen LogP contribution in [0.15, 0.2) is 0 Å². The van der Waals surface area contributed by atoms with Crippen LogP contribution in [0, 0.1) is 0 Å². The second kappa shape index (κ2) is 13.5. The zero-order valence-electron chi connectivity index (χ0n) is 17.9. The number of likely N-dealkylation sites (N-methyl/N-ethyl adjacent to an activating group) is 2. The van der Waals surface area contributed by atoms with E-state index in [2.05, 4.69) is 33.7 Å². The molecule has 0 amide bonds. The molecule has 2 rings (SSSR count). The number of rotatable bonds is 0. The molecule has 2 fully saturated rings. The first-order valence-corrected chi connectivity index (χ1v) is 11.0. The molecule has 0 aliphatic carbocycles. The van der Waals surface area contributed by atoms with Gasteiger partial charge in [-0.3, -0.25) is 4.90 Å². The van der Waals surface area contributed by atoms with Crippen molar-refractivity contribution < 1.29 is 60.0 Å². The van der Waals surface area contributed by atoms with Gasteiger partial charge in [0.2, 0.25) is 0 Å². The van der Waals surface area contributed by atoms with Gasteiger partial charge in [0, 0.05) is 58.3 Å². The summed E-state index contributed by atoms with van der Waals surface area (Å²) in [4.78, 5) is 19.1. The third-order valence-electron chi connectivity index (χ3n) is 4.14. The first kappa shape index (κ1) is 34.5. The van der Waals surface area contributed by atoms with Crippen LogP contribution in [0.5, 0.6) is 0 Å². The molecule has 2 aliphatic heterocycles. The van der Waals surface area contributed by atoms with Crippen molar-refractivity contribution in [3.63, 3.8) is 0 Å². The average Bonchev–Trinajstić information content (AvgIpc) is 2.55. The largest absolute Gasteiger partial charge is 2.00 e. The van der Waals surface area contributed by atoms with Crippen molar-refractivity contribution >= 4 is 13.8 Å². The minimum atomic E-state index is -10.7. The van der Waals surface area contributed by atoms with Crippen LogP contribution in [0.1, 0.15) is 13.3 Å². The second-order valence-corrected chi connectivity index (χ2v) is 9.01. The van der Waals surface area contributed by atoms with Crippen LogP contribution in [-0.4, -0.2) is 105 Å².